The van der Waals surface area contributed by atoms with Crippen LogP contribution >= 0.6 is 11.3 Å². The number of imidazole rings is 1. The lowest BCUT2D eigenvalue weighted by Crippen LogP contribution is -2.22. The number of carbonyl (C=O) groups excluding carboxylic acids is 2. The Morgan fingerprint density at radius 1 is 1.05 bits per heavy atom. The van der Waals surface area contributed by atoms with Crippen molar-refractivity contribution < 1.29 is 27.9 Å². The van der Waals surface area contributed by atoms with Crippen LogP contribution in [0.5, 0.6) is 5.75 Å². The summed E-state index contributed by atoms with van der Waals surface area (Å²) >= 11 is 1.46. The van der Waals surface area contributed by atoms with Gasteiger partial charge in [0, 0.05) is 29.8 Å². The van der Waals surface area contributed by atoms with Crippen molar-refractivity contribution in [3.05, 3.63) is 69.2 Å². The van der Waals surface area contributed by atoms with Gasteiger partial charge in [-0.2, -0.15) is 0 Å². The number of hydrogen-bond donors (Lipinski definition) is 1. The molecule has 2 aromatic carbocycles. The highest BCUT2D eigenvalue weighted by Crippen LogP contribution is 2.43. The minimum atomic E-state index is -1.01. The molecular weight excluding hydrogens is 513 g/mol. The van der Waals surface area contributed by atoms with Crippen LogP contribution in [0.2, 0.25) is 0 Å². The molecule has 0 radical (unpaired) electrons. The van der Waals surface area contributed by atoms with Gasteiger partial charge in [0.2, 0.25) is 0 Å². The van der Waals surface area contributed by atoms with E-state index in [-0.39, 0.29) is 41.1 Å². The fourth-order valence-electron chi connectivity index (χ4n) is 5.45. The molecule has 2 atom stereocenters. The van der Waals surface area contributed by atoms with Crippen LogP contribution in [0, 0.1) is 30.3 Å². The third-order valence-electron chi connectivity index (χ3n) is 7.31. The van der Waals surface area contributed by atoms with E-state index in [1.807, 2.05) is 19.1 Å². The minimum absolute atomic E-state index is 0.0331. The number of fused-ring (bicyclic) bond motifs is 1. The van der Waals surface area contributed by atoms with Crippen LogP contribution in [0.4, 0.5) is 13.2 Å². The molecule has 9 heteroatoms. The van der Waals surface area contributed by atoms with Crippen molar-refractivity contribution in [3.8, 4) is 17.1 Å². The predicted molar refractivity (Wildman–Crippen MR) is 140 cm³/mol. The number of aryl methyl sites for hydroxylation is 1. The van der Waals surface area contributed by atoms with Crippen LogP contribution in [-0.2, 0) is 0 Å². The highest BCUT2D eigenvalue weighted by Gasteiger charge is 2.31. The maximum absolute atomic E-state index is 15.1. The molecule has 0 spiro atoms. The van der Waals surface area contributed by atoms with Crippen molar-refractivity contribution in [3.63, 3.8) is 0 Å². The first-order valence-corrected chi connectivity index (χ1v) is 13.5. The van der Waals surface area contributed by atoms with E-state index >= 15 is 8.78 Å². The van der Waals surface area contributed by atoms with E-state index in [4.69, 9.17) is 0 Å². The maximum atomic E-state index is 15.1. The molecule has 0 bridgehead atoms. The number of Topliss-reactive ketones (excluding diaryl/α,β-unsaturated/α-hetero) is 2. The molecule has 38 heavy (non-hydrogen) atoms. The van der Waals surface area contributed by atoms with E-state index in [1.54, 1.807) is 11.5 Å². The highest BCUT2D eigenvalue weighted by atomic mass is 32.1. The Hall–Kier alpha value is -3.46. The van der Waals surface area contributed by atoms with Crippen LogP contribution in [0.1, 0.15) is 76.4 Å². The Bertz CT molecular complexity index is 1560. The fourth-order valence-corrected chi connectivity index (χ4v) is 6.27. The van der Waals surface area contributed by atoms with E-state index in [2.05, 4.69) is 4.98 Å². The Balaban J connectivity index is 1.60. The Morgan fingerprint density at radius 2 is 1.82 bits per heavy atom. The normalized spacial score (nSPS) is 17.7. The lowest BCUT2D eigenvalue weighted by atomic mass is 9.82. The van der Waals surface area contributed by atoms with Crippen LogP contribution in [-0.4, -0.2) is 26.2 Å². The third-order valence-corrected chi connectivity index (χ3v) is 8.35. The number of aromatic hydroxyl groups is 1. The van der Waals surface area contributed by atoms with Crippen molar-refractivity contribution >= 4 is 33.9 Å². The van der Waals surface area contributed by atoms with E-state index < -0.39 is 34.5 Å². The fraction of sp³-hybridized carbons (Fsp3) is 0.345. The summed E-state index contributed by atoms with van der Waals surface area (Å²) in [5.41, 5.74) is 0.0170. The van der Waals surface area contributed by atoms with Gasteiger partial charge in [0.25, 0.3) is 0 Å². The van der Waals surface area contributed by atoms with Gasteiger partial charge in [-0.1, -0.05) is 13.3 Å². The summed E-state index contributed by atoms with van der Waals surface area (Å²) in [5.74, 6) is -3.84. The molecule has 0 saturated heterocycles. The number of thiophene rings is 1. The van der Waals surface area contributed by atoms with Gasteiger partial charge < -0.3 is 9.67 Å². The number of rotatable bonds is 7. The van der Waals surface area contributed by atoms with Crippen molar-refractivity contribution in [1.29, 1.82) is 0 Å². The van der Waals surface area contributed by atoms with Crippen LogP contribution in [0.15, 0.2) is 36.4 Å². The van der Waals surface area contributed by atoms with Gasteiger partial charge in [-0.05, 0) is 62.4 Å². The standard InChI is InChI=1S/C29H27F3N2O3S/c1-3-24(35)18-13-22-23(14-21(18)32)34(29(33-22)27-19(30)8-9-20(31)28(27)37)17-6-4-5-16(11-17)12-25(36)26-10-7-15(2)38-26/h7-10,13-14,16-17,37H,3-6,11-12H2,1-2H3/t16-,17+/m1/s1. The second-order valence-corrected chi connectivity index (χ2v) is 11.2. The van der Waals surface area contributed by atoms with Crippen molar-refractivity contribution in [2.24, 2.45) is 5.92 Å². The molecule has 1 saturated carbocycles. The molecule has 0 aliphatic heterocycles. The Labute approximate surface area is 221 Å². The first kappa shape index (κ1) is 26.2. The van der Waals surface area contributed by atoms with E-state index in [0.29, 0.717) is 29.7 Å². The first-order chi connectivity index (χ1) is 18.2. The van der Waals surface area contributed by atoms with Crippen LogP contribution in [0.3, 0.4) is 0 Å². The molecule has 4 aromatic rings. The summed E-state index contributed by atoms with van der Waals surface area (Å²) in [6, 6.07) is 7.70. The monoisotopic (exact) mass is 540 g/mol. The van der Waals surface area contributed by atoms with Gasteiger partial charge in [0.05, 0.1) is 27.0 Å². The lowest BCUT2D eigenvalue weighted by molar-refractivity contribution is 0.0944. The number of hydrogen-bond acceptors (Lipinski definition) is 5. The summed E-state index contributed by atoms with van der Waals surface area (Å²) in [7, 11) is 0. The SMILES string of the molecule is CCC(=O)c1cc2nc(-c3c(F)ccc(F)c3O)n([C@H]3CCC[C@@H](CC(=O)c4ccc(C)s4)C3)c2cc1F. The van der Waals surface area contributed by atoms with Crippen LogP contribution in [0.25, 0.3) is 22.4 Å². The maximum Gasteiger partial charge on any atom is 0.173 e. The smallest absolute Gasteiger partial charge is 0.173 e. The summed E-state index contributed by atoms with van der Waals surface area (Å²) in [5, 5.41) is 10.5. The van der Waals surface area contributed by atoms with E-state index in [1.165, 1.54) is 23.5 Å². The molecule has 198 valence electrons. The quantitative estimate of drug-likeness (QED) is 0.243. The minimum Gasteiger partial charge on any atom is -0.504 e. The highest BCUT2D eigenvalue weighted by molar-refractivity contribution is 7.14. The molecule has 1 aliphatic carbocycles. The van der Waals surface area contributed by atoms with E-state index in [9.17, 15) is 19.1 Å². The van der Waals surface area contributed by atoms with Gasteiger partial charge in [0.1, 0.15) is 17.5 Å². The lowest BCUT2D eigenvalue weighted by Gasteiger charge is -2.31. The molecule has 2 heterocycles. The Morgan fingerprint density at radius 3 is 2.53 bits per heavy atom. The van der Waals surface area contributed by atoms with Crippen molar-refractivity contribution in [2.45, 2.75) is 58.4 Å². The summed E-state index contributed by atoms with van der Waals surface area (Å²) in [6.07, 6.45) is 3.24. The molecule has 5 rings (SSSR count). The van der Waals surface area contributed by atoms with Crippen molar-refractivity contribution in [1.82, 2.24) is 9.55 Å². The molecule has 5 nitrogen and oxygen atoms in total. The summed E-state index contributed by atoms with van der Waals surface area (Å²) in [4.78, 5) is 31.5. The van der Waals surface area contributed by atoms with E-state index in [0.717, 1.165) is 29.9 Å². The first-order valence-electron chi connectivity index (χ1n) is 12.7. The molecule has 1 aliphatic rings. The molecule has 0 amide bonds. The number of ketones is 2. The number of aromatic nitrogens is 2. The average Bonchev–Trinajstić information content (AvgIpc) is 3.49. The number of halogens is 3. The molecule has 2 aromatic heterocycles. The number of phenolic OH excluding ortho intramolecular Hbond substituents is 1. The third kappa shape index (κ3) is 4.75. The van der Waals surface area contributed by atoms with Gasteiger partial charge in [0.15, 0.2) is 23.1 Å². The van der Waals surface area contributed by atoms with Crippen molar-refractivity contribution in [2.75, 3.05) is 0 Å². The zero-order valence-electron chi connectivity index (χ0n) is 21.1. The molecule has 1 N–H and O–H groups in total. The molecular formula is C29H27F3N2O3S. The topological polar surface area (TPSA) is 72.2 Å². The van der Waals surface area contributed by atoms with Crippen LogP contribution < -0.4 is 0 Å². The zero-order valence-corrected chi connectivity index (χ0v) is 21.9. The average molecular weight is 541 g/mol. The molecule has 1 fully saturated rings. The summed E-state index contributed by atoms with van der Waals surface area (Å²) < 4.78 is 46.1. The largest absolute Gasteiger partial charge is 0.504 e. The number of carbonyl (C=O) groups is 2. The predicted octanol–water partition coefficient (Wildman–Crippen LogP) is 7.79. The Kier molecular flexibility index (Phi) is 7.13. The summed E-state index contributed by atoms with van der Waals surface area (Å²) in [6.45, 7) is 3.57. The van der Waals surface area contributed by atoms with Gasteiger partial charge in [-0.3, -0.25) is 9.59 Å². The second kappa shape index (κ2) is 10.4. The number of benzene rings is 2. The number of phenols is 1. The van der Waals surface area contributed by atoms with Gasteiger partial charge in [-0.15, -0.1) is 11.3 Å². The second-order valence-electron chi connectivity index (χ2n) is 9.88. The zero-order chi connectivity index (χ0) is 27.1. The molecule has 0 unspecified atom stereocenters. The van der Waals surface area contributed by atoms with Gasteiger partial charge >= 0.3 is 0 Å². The van der Waals surface area contributed by atoms with Gasteiger partial charge in [-0.25, -0.2) is 18.2 Å². The number of nitrogens with zero attached hydrogens (tertiary/aromatic N) is 2.